The molecule has 0 aromatic heterocycles. The van der Waals surface area contributed by atoms with Crippen molar-refractivity contribution in [2.45, 2.75) is 13.0 Å². The molecule has 1 unspecified atom stereocenters. The van der Waals surface area contributed by atoms with Crippen LogP contribution in [0.15, 0.2) is 36.4 Å². The number of hydrogen-bond donors (Lipinski definition) is 2. The van der Waals surface area contributed by atoms with Crippen LogP contribution in [-0.2, 0) is 14.8 Å². The number of benzene rings is 2. The highest BCUT2D eigenvalue weighted by atomic mass is 32.2. The van der Waals surface area contributed by atoms with Crippen molar-refractivity contribution in [1.82, 2.24) is 0 Å². The standard InChI is InChI=1S/C17H18F2N2O5S/c1-10(26-12-5-6-13(18)14(19)9-12)17(22)20-11-4-7-15(16(8-11)25-2)21-27(3,23)24/h4-10,21H,1-3H3,(H,20,22). The van der Waals surface area contributed by atoms with E-state index in [1.54, 1.807) is 0 Å². The number of ether oxygens (including phenoxy) is 2. The second-order valence-electron chi connectivity index (χ2n) is 5.61. The lowest BCUT2D eigenvalue weighted by atomic mass is 10.2. The van der Waals surface area contributed by atoms with Crippen molar-refractivity contribution in [2.75, 3.05) is 23.4 Å². The van der Waals surface area contributed by atoms with Crippen molar-refractivity contribution in [3.63, 3.8) is 0 Å². The first-order valence-electron chi connectivity index (χ1n) is 7.67. The van der Waals surface area contributed by atoms with Crippen LogP contribution in [0, 0.1) is 11.6 Å². The van der Waals surface area contributed by atoms with Crippen LogP contribution in [0.5, 0.6) is 11.5 Å². The van der Waals surface area contributed by atoms with Crippen molar-refractivity contribution in [3.8, 4) is 11.5 Å². The van der Waals surface area contributed by atoms with Gasteiger partial charge in [0.05, 0.1) is 19.1 Å². The number of hydrogen-bond acceptors (Lipinski definition) is 5. The van der Waals surface area contributed by atoms with E-state index in [2.05, 4.69) is 10.0 Å². The second kappa shape index (κ2) is 8.21. The van der Waals surface area contributed by atoms with Crippen LogP contribution in [0.4, 0.5) is 20.2 Å². The van der Waals surface area contributed by atoms with Gasteiger partial charge in [0.2, 0.25) is 10.0 Å². The highest BCUT2D eigenvalue weighted by molar-refractivity contribution is 7.92. The summed E-state index contributed by atoms with van der Waals surface area (Å²) in [5.74, 6) is -2.45. The van der Waals surface area contributed by atoms with Crippen LogP contribution < -0.4 is 19.5 Å². The molecule has 0 aliphatic heterocycles. The average molecular weight is 400 g/mol. The van der Waals surface area contributed by atoms with Gasteiger partial charge in [-0.1, -0.05) is 0 Å². The minimum atomic E-state index is -3.49. The highest BCUT2D eigenvalue weighted by Crippen LogP contribution is 2.28. The summed E-state index contributed by atoms with van der Waals surface area (Å²) in [6.45, 7) is 1.44. The number of methoxy groups -OCH3 is 1. The van der Waals surface area contributed by atoms with E-state index in [1.807, 2.05) is 0 Å². The maximum atomic E-state index is 13.2. The molecule has 1 amide bonds. The van der Waals surface area contributed by atoms with E-state index < -0.39 is 33.7 Å². The van der Waals surface area contributed by atoms with E-state index in [0.29, 0.717) is 5.69 Å². The van der Waals surface area contributed by atoms with Gasteiger partial charge in [0.1, 0.15) is 11.5 Å². The number of carbonyl (C=O) groups is 1. The monoisotopic (exact) mass is 400 g/mol. The summed E-state index contributed by atoms with van der Waals surface area (Å²) in [5.41, 5.74) is 0.542. The summed E-state index contributed by atoms with van der Waals surface area (Å²) in [6.07, 6.45) is -0.00549. The number of nitrogens with one attached hydrogen (secondary N) is 2. The molecule has 0 saturated carbocycles. The molecule has 0 radical (unpaired) electrons. The first-order chi connectivity index (χ1) is 12.6. The molecular weight excluding hydrogens is 382 g/mol. The van der Waals surface area contributed by atoms with Crippen LogP contribution in [0.25, 0.3) is 0 Å². The Bertz CT molecular complexity index is 950. The second-order valence-corrected chi connectivity index (χ2v) is 7.36. The van der Waals surface area contributed by atoms with Gasteiger partial charge in [-0.05, 0) is 31.2 Å². The molecule has 0 fully saturated rings. The molecule has 0 spiro atoms. The largest absolute Gasteiger partial charge is 0.494 e. The van der Waals surface area contributed by atoms with E-state index in [-0.39, 0.29) is 17.2 Å². The third-order valence-electron chi connectivity index (χ3n) is 3.34. The predicted octanol–water partition coefficient (Wildman–Crippen LogP) is 2.75. The zero-order chi connectivity index (χ0) is 20.2. The fraction of sp³-hybridized carbons (Fsp3) is 0.235. The van der Waals surface area contributed by atoms with Gasteiger partial charge in [-0.3, -0.25) is 9.52 Å². The molecule has 0 bridgehead atoms. The molecule has 27 heavy (non-hydrogen) atoms. The normalized spacial score (nSPS) is 12.2. The number of carbonyl (C=O) groups excluding carboxylic acids is 1. The lowest BCUT2D eigenvalue weighted by Crippen LogP contribution is -2.30. The number of amides is 1. The Morgan fingerprint density at radius 1 is 1.11 bits per heavy atom. The minimum Gasteiger partial charge on any atom is -0.494 e. The minimum absolute atomic E-state index is 0.00170. The van der Waals surface area contributed by atoms with Crippen molar-refractivity contribution in [1.29, 1.82) is 0 Å². The fourth-order valence-electron chi connectivity index (χ4n) is 2.10. The molecule has 2 aromatic rings. The van der Waals surface area contributed by atoms with Gasteiger partial charge >= 0.3 is 0 Å². The number of rotatable bonds is 7. The SMILES string of the molecule is COc1cc(NC(=O)C(C)Oc2ccc(F)c(F)c2)ccc1NS(C)(=O)=O. The Balaban J connectivity index is 2.08. The Labute approximate surface area is 155 Å². The lowest BCUT2D eigenvalue weighted by Gasteiger charge is -2.16. The number of anilines is 2. The Morgan fingerprint density at radius 2 is 1.81 bits per heavy atom. The van der Waals surface area contributed by atoms with Crippen LogP contribution in [0.2, 0.25) is 0 Å². The molecule has 2 rings (SSSR count). The molecule has 0 aliphatic rings. The Hall–Kier alpha value is -2.88. The summed E-state index contributed by atoms with van der Waals surface area (Å²) in [5, 5.41) is 2.56. The molecule has 146 valence electrons. The summed E-state index contributed by atoms with van der Waals surface area (Å²) >= 11 is 0. The van der Waals surface area contributed by atoms with Gasteiger partial charge in [-0.25, -0.2) is 17.2 Å². The van der Waals surface area contributed by atoms with Crippen LogP contribution >= 0.6 is 0 Å². The average Bonchev–Trinajstić information content (AvgIpc) is 2.58. The molecule has 2 aromatic carbocycles. The lowest BCUT2D eigenvalue weighted by molar-refractivity contribution is -0.122. The molecule has 2 N–H and O–H groups in total. The zero-order valence-corrected chi connectivity index (χ0v) is 15.6. The number of sulfonamides is 1. The third kappa shape index (κ3) is 5.81. The molecule has 0 saturated heterocycles. The van der Waals surface area contributed by atoms with Crippen molar-refractivity contribution >= 4 is 27.3 Å². The smallest absolute Gasteiger partial charge is 0.265 e. The maximum Gasteiger partial charge on any atom is 0.265 e. The summed E-state index contributed by atoms with van der Waals surface area (Å²) in [7, 11) is -2.14. The van der Waals surface area contributed by atoms with Crippen molar-refractivity contribution < 1.29 is 31.5 Å². The zero-order valence-electron chi connectivity index (χ0n) is 14.7. The quantitative estimate of drug-likeness (QED) is 0.745. The van der Waals surface area contributed by atoms with Crippen LogP contribution in [0.1, 0.15) is 6.92 Å². The Morgan fingerprint density at radius 3 is 2.41 bits per heavy atom. The summed E-state index contributed by atoms with van der Waals surface area (Å²) in [4.78, 5) is 12.2. The van der Waals surface area contributed by atoms with Gasteiger partial charge in [0.15, 0.2) is 17.7 Å². The summed E-state index contributed by atoms with van der Waals surface area (Å²) in [6, 6.07) is 7.27. The van der Waals surface area contributed by atoms with Gasteiger partial charge in [-0.2, -0.15) is 0 Å². The van der Waals surface area contributed by atoms with Crippen LogP contribution in [0.3, 0.4) is 0 Å². The molecule has 10 heteroatoms. The fourth-order valence-corrected chi connectivity index (χ4v) is 2.67. The van der Waals surface area contributed by atoms with Gasteiger partial charge in [0, 0.05) is 17.8 Å². The Kier molecular flexibility index (Phi) is 6.21. The number of halogens is 2. The van der Waals surface area contributed by atoms with E-state index >= 15 is 0 Å². The summed E-state index contributed by atoms with van der Waals surface area (Å²) < 4.78 is 61.5. The third-order valence-corrected chi connectivity index (χ3v) is 3.93. The topological polar surface area (TPSA) is 93.7 Å². The first-order valence-corrected chi connectivity index (χ1v) is 9.56. The molecule has 0 heterocycles. The van der Waals surface area contributed by atoms with Gasteiger partial charge < -0.3 is 14.8 Å². The molecule has 7 nitrogen and oxygen atoms in total. The van der Waals surface area contributed by atoms with E-state index in [4.69, 9.17) is 9.47 Å². The molecule has 1 atom stereocenters. The van der Waals surface area contributed by atoms with E-state index in [9.17, 15) is 22.0 Å². The van der Waals surface area contributed by atoms with Gasteiger partial charge in [-0.15, -0.1) is 0 Å². The molecule has 0 aliphatic carbocycles. The molecular formula is C17H18F2N2O5S. The van der Waals surface area contributed by atoms with Gasteiger partial charge in [0.25, 0.3) is 5.91 Å². The maximum absolute atomic E-state index is 13.2. The van der Waals surface area contributed by atoms with Crippen molar-refractivity contribution in [3.05, 3.63) is 48.0 Å². The van der Waals surface area contributed by atoms with Crippen LogP contribution in [-0.4, -0.2) is 33.8 Å². The van der Waals surface area contributed by atoms with Crippen molar-refractivity contribution in [2.24, 2.45) is 0 Å². The predicted molar refractivity (Wildman–Crippen MR) is 96.5 cm³/mol. The van der Waals surface area contributed by atoms with E-state index in [0.717, 1.165) is 18.4 Å². The van der Waals surface area contributed by atoms with E-state index in [1.165, 1.54) is 38.3 Å². The highest BCUT2D eigenvalue weighted by Gasteiger charge is 2.17. The first kappa shape index (κ1) is 20.4.